The van der Waals surface area contributed by atoms with Crippen LogP contribution in [0.15, 0.2) is 30.3 Å². The molecule has 14 heavy (non-hydrogen) atoms. The highest BCUT2D eigenvalue weighted by Crippen LogP contribution is 2.23. The fourth-order valence-corrected chi connectivity index (χ4v) is 1.60. The number of terminal acetylenes is 1. The van der Waals surface area contributed by atoms with Gasteiger partial charge in [0.05, 0.1) is 5.56 Å². The normalized spacial score (nSPS) is 10.1. The Hall–Kier alpha value is -1.52. The van der Waals surface area contributed by atoms with Crippen LogP contribution in [-0.4, -0.2) is 0 Å². The smallest absolute Gasteiger partial charge is 0.139 e. The Kier molecular flexibility index (Phi) is 2.15. The molecule has 0 aliphatic carbocycles. The first-order chi connectivity index (χ1) is 6.72. The first kappa shape index (κ1) is 9.05. The van der Waals surface area contributed by atoms with E-state index in [1.807, 2.05) is 0 Å². The molecule has 2 rings (SSSR count). The third kappa shape index (κ3) is 1.34. The van der Waals surface area contributed by atoms with E-state index in [1.54, 1.807) is 24.3 Å². The largest absolute Gasteiger partial charge is 0.206 e. The van der Waals surface area contributed by atoms with Crippen molar-refractivity contribution >= 4 is 22.4 Å². The van der Waals surface area contributed by atoms with Gasteiger partial charge in [-0.25, -0.2) is 4.39 Å². The first-order valence-corrected chi connectivity index (χ1v) is 4.44. The Morgan fingerprint density at radius 2 is 2.00 bits per heavy atom. The zero-order chi connectivity index (χ0) is 10.1. The molecule has 0 radical (unpaired) electrons. The molecule has 0 atom stereocenters. The van der Waals surface area contributed by atoms with Gasteiger partial charge in [0.15, 0.2) is 0 Å². The van der Waals surface area contributed by atoms with Crippen LogP contribution in [-0.2, 0) is 0 Å². The molecule has 0 aliphatic heterocycles. The Balaban J connectivity index is 2.90. The SMILES string of the molecule is C#Cc1c(F)ccc2cc(Cl)ccc12. The Labute approximate surface area is 86.3 Å². The van der Waals surface area contributed by atoms with Crippen molar-refractivity contribution in [3.05, 3.63) is 46.7 Å². The highest BCUT2D eigenvalue weighted by molar-refractivity contribution is 6.31. The number of fused-ring (bicyclic) bond motifs is 1. The maximum Gasteiger partial charge on any atom is 0.139 e. The summed E-state index contributed by atoms with van der Waals surface area (Å²) in [6, 6.07) is 8.21. The van der Waals surface area contributed by atoms with E-state index in [0.717, 1.165) is 10.8 Å². The van der Waals surface area contributed by atoms with Gasteiger partial charge in [-0.15, -0.1) is 6.42 Å². The van der Waals surface area contributed by atoms with Crippen molar-refractivity contribution in [1.29, 1.82) is 0 Å². The summed E-state index contributed by atoms with van der Waals surface area (Å²) in [5, 5.41) is 2.19. The number of hydrogen-bond acceptors (Lipinski definition) is 0. The van der Waals surface area contributed by atoms with Crippen LogP contribution in [0.3, 0.4) is 0 Å². The summed E-state index contributed by atoms with van der Waals surface area (Å²) in [4.78, 5) is 0. The van der Waals surface area contributed by atoms with Gasteiger partial charge in [0, 0.05) is 10.4 Å². The molecule has 0 bridgehead atoms. The molecule has 68 valence electrons. The lowest BCUT2D eigenvalue weighted by Gasteiger charge is -2.02. The highest BCUT2D eigenvalue weighted by Gasteiger charge is 2.04. The van der Waals surface area contributed by atoms with Crippen molar-refractivity contribution in [3.8, 4) is 12.3 Å². The molecule has 0 unspecified atom stereocenters. The molecule has 0 nitrogen and oxygen atoms in total. The molecule has 0 aliphatic rings. The van der Waals surface area contributed by atoms with Crippen LogP contribution >= 0.6 is 11.6 Å². The van der Waals surface area contributed by atoms with Crippen LogP contribution in [0.1, 0.15) is 5.56 Å². The first-order valence-electron chi connectivity index (χ1n) is 4.07. The highest BCUT2D eigenvalue weighted by atomic mass is 35.5. The third-order valence-electron chi connectivity index (χ3n) is 2.08. The molecular formula is C12H6ClF. The van der Waals surface area contributed by atoms with Gasteiger partial charge < -0.3 is 0 Å². The Bertz CT molecular complexity index is 538. The van der Waals surface area contributed by atoms with Crippen molar-refractivity contribution in [2.45, 2.75) is 0 Å². The molecule has 2 aromatic rings. The molecule has 0 amide bonds. The predicted molar refractivity (Wildman–Crippen MR) is 56.9 cm³/mol. The van der Waals surface area contributed by atoms with Crippen LogP contribution in [0.4, 0.5) is 4.39 Å². The number of hydrogen-bond donors (Lipinski definition) is 0. The van der Waals surface area contributed by atoms with Gasteiger partial charge >= 0.3 is 0 Å². The van der Waals surface area contributed by atoms with Crippen molar-refractivity contribution in [3.63, 3.8) is 0 Å². The van der Waals surface area contributed by atoms with Gasteiger partial charge in [0.1, 0.15) is 5.82 Å². The van der Waals surface area contributed by atoms with Gasteiger partial charge in [-0.3, -0.25) is 0 Å². The summed E-state index contributed by atoms with van der Waals surface area (Å²) in [7, 11) is 0. The molecule has 2 aromatic carbocycles. The maximum absolute atomic E-state index is 13.2. The van der Waals surface area contributed by atoms with E-state index < -0.39 is 0 Å². The zero-order valence-corrected chi connectivity index (χ0v) is 7.98. The molecule has 2 heteroatoms. The minimum Gasteiger partial charge on any atom is -0.206 e. The molecular weight excluding hydrogens is 199 g/mol. The third-order valence-corrected chi connectivity index (χ3v) is 2.31. The molecule has 0 saturated carbocycles. The van der Waals surface area contributed by atoms with Crippen LogP contribution < -0.4 is 0 Å². The lowest BCUT2D eigenvalue weighted by atomic mass is 10.0. The lowest BCUT2D eigenvalue weighted by Crippen LogP contribution is -1.85. The molecule has 0 N–H and O–H groups in total. The van der Waals surface area contributed by atoms with E-state index in [-0.39, 0.29) is 5.82 Å². The van der Waals surface area contributed by atoms with E-state index in [1.165, 1.54) is 6.07 Å². The zero-order valence-electron chi connectivity index (χ0n) is 7.22. The molecule has 0 spiro atoms. The minimum atomic E-state index is -0.373. The van der Waals surface area contributed by atoms with Crippen LogP contribution in [0, 0.1) is 18.2 Å². The summed E-state index contributed by atoms with van der Waals surface area (Å²) < 4.78 is 13.2. The fraction of sp³-hybridized carbons (Fsp3) is 0. The number of rotatable bonds is 0. The summed E-state index contributed by atoms with van der Waals surface area (Å²) in [5.74, 6) is 1.97. The Morgan fingerprint density at radius 1 is 1.21 bits per heavy atom. The summed E-state index contributed by atoms with van der Waals surface area (Å²) in [5.41, 5.74) is 0.291. The van der Waals surface area contributed by atoms with E-state index in [2.05, 4.69) is 5.92 Å². The lowest BCUT2D eigenvalue weighted by molar-refractivity contribution is 0.626. The number of benzene rings is 2. The second-order valence-electron chi connectivity index (χ2n) is 2.93. The van der Waals surface area contributed by atoms with E-state index in [0.29, 0.717) is 10.6 Å². The van der Waals surface area contributed by atoms with Gasteiger partial charge in [-0.05, 0) is 23.6 Å². The summed E-state index contributed by atoms with van der Waals surface area (Å²) >= 11 is 5.81. The van der Waals surface area contributed by atoms with Gasteiger partial charge in [-0.1, -0.05) is 29.7 Å². The summed E-state index contributed by atoms with van der Waals surface area (Å²) in [6.07, 6.45) is 5.23. The van der Waals surface area contributed by atoms with Crippen molar-refractivity contribution < 1.29 is 4.39 Å². The van der Waals surface area contributed by atoms with Crippen LogP contribution in [0.25, 0.3) is 10.8 Å². The molecule has 0 fully saturated rings. The quantitative estimate of drug-likeness (QED) is 0.575. The summed E-state index contributed by atoms with van der Waals surface area (Å²) in [6.45, 7) is 0. The second kappa shape index (κ2) is 3.32. The second-order valence-corrected chi connectivity index (χ2v) is 3.37. The van der Waals surface area contributed by atoms with E-state index in [4.69, 9.17) is 18.0 Å². The minimum absolute atomic E-state index is 0.291. The van der Waals surface area contributed by atoms with E-state index >= 15 is 0 Å². The average molecular weight is 205 g/mol. The Morgan fingerprint density at radius 3 is 2.71 bits per heavy atom. The fourth-order valence-electron chi connectivity index (χ4n) is 1.42. The molecule has 0 saturated heterocycles. The van der Waals surface area contributed by atoms with Gasteiger partial charge in [-0.2, -0.15) is 0 Å². The standard InChI is InChI=1S/C12H6ClF/c1-2-10-11-5-4-9(13)7-8(11)3-6-12(10)14/h1,3-7H. The topological polar surface area (TPSA) is 0 Å². The van der Waals surface area contributed by atoms with Crippen LogP contribution in [0.5, 0.6) is 0 Å². The van der Waals surface area contributed by atoms with Crippen molar-refractivity contribution in [2.24, 2.45) is 0 Å². The number of halogens is 2. The van der Waals surface area contributed by atoms with Gasteiger partial charge in [0.25, 0.3) is 0 Å². The monoisotopic (exact) mass is 204 g/mol. The van der Waals surface area contributed by atoms with E-state index in [9.17, 15) is 4.39 Å². The molecule has 0 aromatic heterocycles. The molecule has 0 heterocycles. The van der Waals surface area contributed by atoms with Crippen molar-refractivity contribution in [1.82, 2.24) is 0 Å². The van der Waals surface area contributed by atoms with Crippen molar-refractivity contribution in [2.75, 3.05) is 0 Å². The average Bonchev–Trinajstić information content (AvgIpc) is 2.18. The van der Waals surface area contributed by atoms with Crippen LogP contribution in [0.2, 0.25) is 5.02 Å². The predicted octanol–water partition coefficient (Wildman–Crippen LogP) is 3.61. The maximum atomic E-state index is 13.2. The van der Waals surface area contributed by atoms with Gasteiger partial charge in [0.2, 0.25) is 0 Å².